The molecule has 0 unspecified atom stereocenters. The molecule has 0 amide bonds. The normalized spacial score (nSPS) is 13.6. The van der Waals surface area contributed by atoms with Crippen molar-refractivity contribution in [2.24, 2.45) is 0 Å². The second kappa shape index (κ2) is 12.2. The summed E-state index contributed by atoms with van der Waals surface area (Å²) in [5, 5.41) is 0. The number of furan rings is 3. The first-order valence-electron chi connectivity index (χ1n) is 14.1. The summed E-state index contributed by atoms with van der Waals surface area (Å²) >= 11 is 0. The molecular weight excluding hydrogens is 525 g/mol. The standard InChI is InChI=1S/C33H27B3O6/c1-4-10-25(11-5-1)22-31-28(16-19-37-31)34-40-35(29-17-20-38-32(29)23-26-12-6-2-7-13-26)42-36(41-34)30-18-21-39-33(30)24-27-14-8-3-9-15-27/h1-21H,22-24H2. The van der Waals surface area contributed by atoms with Crippen LogP contribution in [0.3, 0.4) is 0 Å². The number of benzene rings is 3. The molecule has 0 radical (unpaired) electrons. The first kappa shape index (κ1) is 26.5. The van der Waals surface area contributed by atoms with Gasteiger partial charge >= 0.3 is 21.4 Å². The van der Waals surface area contributed by atoms with E-state index in [9.17, 15) is 0 Å². The maximum Gasteiger partial charge on any atom is 0.470 e. The summed E-state index contributed by atoms with van der Waals surface area (Å²) in [6, 6.07) is 36.3. The summed E-state index contributed by atoms with van der Waals surface area (Å²) in [4.78, 5) is 0. The van der Waals surface area contributed by atoms with Gasteiger partial charge in [-0.2, -0.15) is 0 Å². The van der Waals surface area contributed by atoms with Gasteiger partial charge in [-0.1, -0.05) is 91.0 Å². The third kappa shape index (κ3) is 5.81. The first-order valence-corrected chi connectivity index (χ1v) is 14.1. The molecule has 6 nitrogen and oxygen atoms in total. The van der Waals surface area contributed by atoms with Crippen molar-refractivity contribution in [2.45, 2.75) is 19.3 Å². The SMILES string of the molecule is c1ccc(Cc2occc2B2OB(c3ccoc3Cc3ccccc3)OB(c3ccoc3Cc3ccccc3)O2)cc1. The summed E-state index contributed by atoms with van der Waals surface area (Å²) in [6.45, 7) is 0. The Bertz CT molecular complexity index is 1500. The molecule has 3 aromatic heterocycles. The predicted octanol–water partition coefficient (Wildman–Crippen LogP) is 4.79. The second-order valence-electron chi connectivity index (χ2n) is 10.3. The molecular formula is C33H27B3O6. The van der Waals surface area contributed by atoms with Crippen LogP contribution in [-0.2, 0) is 33.0 Å². The Morgan fingerprint density at radius 1 is 0.357 bits per heavy atom. The fourth-order valence-corrected chi connectivity index (χ4v) is 5.33. The largest absolute Gasteiger partial charge is 0.470 e. The van der Waals surface area contributed by atoms with Crippen LogP contribution in [0.5, 0.6) is 0 Å². The highest BCUT2D eigenvalue weighted by Gasteiger charge is 2.47. The quantitative estimate of drug-likeness (QED) is 0.241. The van der Waals surface area contributed by atoms with E-state index < -0.39 is 21.4 Å². The smallest absolute Gasteiger partial charge is 0.469 e. The van der Waals surface area contributed by atoms with E-state index in [4.69, 9.17) is 27.0 Å². The Morgan fingerprint density at radius 3 is 0.929 bits per heavy atom. The van der Waals surface area contributed by atoms with Gasteiger partial charge in [0, 0.05) is 35.7 Å². The number of hydrogen-bond donors (Lipinski definition) is 0. The Kier molecular flexibility index (Phi) is 7.69. The summed E-state index contributed by atoms with van der Waals surface area (Å²) in [7, 11) is -2.24. The Labute approximate surface area is 245 Å². The summed E-state index contributed by atoms with van der Waals surface area (Å²) in [5.74, 6) is 2.33. The topological polar surface area (TPSA) is 67.1 Å². The molecule has 0 aliphatic carbocycles. The maximum atomic E-state index is 6.52. The molecule has 0 N–H and O–H groups in total. The van der Waals surface area contributed by atoms with Gasteiger partial charge in [-0.25, -0.2) is 0 Å². The lowest BCUT2D eigenvalue weighted by Crippen LogP contribution is -2.62. The van der Waals surface area contributed by atoms with Gasteiger partial charge < -0.3 is 27.0 Å². The van der Waals surface area contributed by atoms with Gasteiger partial charge in [0.15, 0.2) is 0 Å². The van der Waals surface area contributed by atoms with Gasteiger partial charge in [0.1, 0.15) is 17.3 Å². The molecule has 3 aromatic carbocycles. The molecule has 4 heterocycles. The molecule has 204 valence electrons. The minimum Gasteiger partial charge on any atom is -0.469 e. The van der Waals surface area contributed by atoms with Crippen molar-refractivity contribution in [3.05, 3.63) is 162 Å². The summed E-state index contributed by atoms with van der Waals surface area (Å²) in [6.07, 6.45) is 6.86. The van der Waals surface area contributed by atoms with Gasteiger partial charge in [0.05, 0.1) is 18.8 Å². The Morgan fingerprint density at radius 2 is 0.643 bits per heavy atom. The van der Waals surface area contributed by atoms with E-state index in [0.717, 1.165) is 50.4 Å². The van der Waals surface area contributed by atoms with Crippen molar-refractivity contribution in [1.82, 2.24) is 0 Å². The highest BCUT2D eigenvalue weighted by Crippen LogP contribution is 2.19. The van der Waals surface area contributed by atoms with Crippen LogP contribution >= 0.6 is 0 Å². The average molecular weight is 552 g/mol. The minimum atomic E-state index is -0.745. The van der Waals surface area contributed by atoms with Gasteiger partial charge in [-0.15, -0.1) is 0 Å². The fourth-order valence-electron chi connectivity index (χ4n) is 5.33. The molecule has 1 fully saturated rings. The van der Waals surface area contributed by atoms with E-state index in [-0.39, 0.29) is 0 Å². The second-order valence-corrected chi connectivity index (χ2v) is 10.3. The molecule has 0 bridgehead atoms. The van der Waals surface area contributed by atoms with Crippen LogP contribution in [0.15, 0.2) is 141 Å². The Hall–Kier alpha value is -4.43. The lowest BCUT2D eigenvalue weighted by molar-refractivity contribution is 0.307. The van der Waals surface area contributed by atoms with Crippen LogP contribution in [0.1, 0.15) is 34.0 Å². The molecule has 1 saturated heterocycles. The van der Waals surface area contributed by atoms with E-state index in [1.165, 1.54) is 0 Å². The predicted molar refractivity (Wildman–Crippen MR) is 163 cm³/mol. The number of hydrogen-bond acceptors (Lipinski definition) is 6. The van der Waals surface area contributed by atoms with Crippen molar-refractivity contribution >= 4 is 37.7 Å². The van der Waals surface area contributed by atoms with E-state index in [1.54, 1.807) is 18.8 Å². The van der Waals surface area contributed by atoms with Gasteiger partial charge in [-0.3, -0.25) is 0 Å². The molecule has 6 aromatic rings. The maximum absolute atomic E-state index is 6.52. The van der Waals surface area contributed by atoms with Gasteiger partial charge in [0.2, 0.25) is 0 Å². The van der Waals surface area contributed by atoms with Crippen molar-refractivity contribution < 1.29 is 27.0 Å². The van der Waals surface area contributed by atoms with E-state index in [1.807, 2.05) is 72.8 Å². The lowest BCUT2D eigenvalue weighted by Gasteiger charge is -2.31. The molecule has 0 saturated carbocycles. The fraction of sp³-hybridized carbons (Fsp3) is 0.0909. The van der Waals surface area contributed by atoms with E-state index in [0.29, 0.717) is 19.3 Å². The monoisotopic (exact) mass is 552 g/mol. The summed E-state index contributed by atoms with van der Waals surface area (Å²) in [5.41, 5.74) is 5.85. The third-order valence-corrected chi connectivity index (χ3v) is 7.47. The molecule has 1 aliphatic heterocycles. The zero-order valence-electron chi connectivity index (χ0n) is 22.9. The van der Waals surface area contributed by atoms with Gasteiger partial charge in [-0.05, 0) is 34.9 Å². The van der Waals surface area contributed by atoms with Crippen molar-refractivity contribution in [3.8, 4) is 0 Å². The van der Waals surface area contributed by atoms with Crippen molar-refractivity contribution in [3.63, 3.8) is 0 Å². The minimum absolute atomic E-state index is 0.610. The summed E-state index contributed by atoms with van der Waals surface area (Å²) < 4.78 is 37.4. The van der Waals surface area contributed by atoms with Crippen LogP contribution in [0.25, 0.3) is 0 Å². The van der Waals surface area contributed by atoms with E-state index >= 15 is 0 Å². The molecule has 9 heteroatoms. The molecule has 7 rings (SSSR count). The zero-order chi connectivity index (χ0) is 28.1. The van der Waals surface area contributed by atoms with Crippen LogP contribution in [0.2, 0.25) is 0 Å². The molecule has 0 atom stereocenters. The highest BCUT2D eigenvalue weighted by molar-refractivity contribution is 6.87. The van der Waals surface area contributed by atoms with E-state index in [2.05, 4.69) is 36.4 Å². The Balaban J connectivity index is 1.22. The first-order chi connectivity index (χ1) is 20.8. The van der Waals surface area contributed by atoms with Gasteiger partial charge in [0.25, 0.3) is 0 Å². The van der Waals surface area contributed by atoms with Crippen LogP contribution < -0.4 is 16.4 Å². The van der Waals surface area contributed by atoms with Crippen LogP contribution in [0.4, 0.5) is 0 Å². The lowest BCUT2D eigenvalue weighted by atomic mass is 9.61. The van der Waals surface area contributed by atoms with Crippen LogP contribution in [-0.4, -0.2) is 21.4 Å². The zero-order valence-corrected chi connectivity index (χ0v) is 22.9. The number of rotatable bonds is 9. The third-order valence-electron chi connectivity index (χ3n) is 7.47. The van der Waals surface area contributed by atoms with Crippen molar-refractivity contribution in [1.29, 1.82) is 0 Å². The van der Waals surface area contributed by atoms with Crippen LogP contribution in [0, 0.1) is 0 Å². The van der Waals surface area contributed by atoms with Crippen molar-refractivity contribution in [2.75, 3.05) is 0 Å². The molecule has 42 heavy (non-hydrogen) atoms. The molecule has 1 aliphatic rings. The molecule has 0 spiro atoms. The highest BCUT2D eigenvalue weighted by atomic mass is 16.7. The average Bonchev–Trinajstić information content (AvgIpc) is 3.80.